The number of fused-ring (bicyclic) bond motifs is 2. The van der Waals surface area contributed by atoms with E-state index in [2.05, 4.69) is 15.9 Å². The molecule has 31 heavy (non-hydrogen) atoms. The van der Waals surface area contributed by atoms with Crippen LogP contribution >= 0.6 is 15.9 Å². The molecule has 0 radical (unpaired) electrons. The molecule has 0 amide bonds. The van der Waals surface area contributed by atoms with Crippen LogP contribution in [0.5, 0.6) is 17.2 Å². The molecular formula is C24H19BrO6. The molecule has 0 bridgehead atoms. The fraction of sp³-hybridized carbons (Fsp3) is 0.208. The van der Waals surface area contributed by atoms with Gasteiger partial charge in [-0.05, 0) is 24.3 Å². The lowest BCUT2D eigenvalue weighted by Crippen LogP contribution is -2.37. The highest BCUT2D eigenvalue weighted by Crippen LogP contribution is 2.38. The molecule has 0 aromatic heterocycles. The van der Waals surface area contributed by atoms with Gasteiger partial charge in [-0.15, -0.1) is 0 Å². The number of carbonyl (C=O) groups is 1. The molecule has 0 fully saturated rings. The summed E-state index contributed by atoms with van der Waals surface area (Å²) in [4.78, 5) is 12.6. The molecule has 158 valence electrons. The van der Waals surface area contributed by atoms with Crippen molar-refractivity contribution in [2.75, 3.05) is 6.61 Å². The normalized spacial score (nSPS) is 19.1. The summed E-state index contributed by atoms with van der Waals surface area (Å²) in [6, 6.07) is 20.8. The third kappa shape index (κ3) is 4.24. The van der Waals surface area contributed by atoms with Crippen molar-refractivity contribution in [2.45, 2.75) is 25.6 Å². The lowest BCUT2D eigenvalue weighted by molar-refractivity contribution is -0.156. The fourth-order valence-electron chi connectivity index (χ4n) is 3.54. The molecule has 0 unspecified atom stereocenters. The molecule has 0 saturated heterocycles. The minimum atomic E-state index is -0.820. The van der Waals surface area contributed by atoms with Crippen LogP contribution in [0.2, 0.25) is 0 Å². The highest BCUT2D eigenvalue weighted by atomic mass is 79.9. The number of hydrogen-bond acceptors (Lipinski definition) is 6. The molecule has 2 heterocycles. The van der Waals surface area contributed by atoms with Crippen molar-refractivity contribution in [3.63, 3.8) is 0 Å². The Labute approximate surface area is 187 Å². The Morgan fingerprint density at radius 1 is 1.00 bits per heavy atom. The maximum Gasteiger partial charge on any atom is 0.351 e. The maximum atomic E-state index is 12.6. The van der Waals surface area contributed by atoms with Gasteiger partial charge in [-0.2, -0.15) is 0 Å². The lowest BCUT2D eigenvalue weighted by Gasteiger charge is -2.29. The van der Waals surface area contributed by atoms with Gasteiger partial charge in [0, 0.05) is 21.2 Å². The van der Waals surface area contributed by atoms with Gasteiger partial charge in [-0.3, -0.25) is 0 Å². The van der Waals surface area contributed by atoms with Crippen molar-refractivity contribution in [1.82, 2.24) is 0 Å². The minimum absolute atomic E-state index is 0.0453. The van der Waals surface area contributed by atoms with Crippen LogP contribution in [0.3, 0.4) is 0 Å². The van der Waals surface area contributed by atoms with Gasteiger partial charge in [-0.25, -0.2) is 4.79 Å². The molecule has 7 heteroatoms. The van der Waals surface area contributed by atoms with Crippen molar-refractivity contribution < 1.29 is 28.5 Å². The summed E-state index contributed by atoms with van der Waals surface area (Å²) in [5.74, 6) is 1.33. The van der Waals surface area contributed by atoms with Gasteiger partial charge >= 0.3 is 5.97 Å². The van der Waals surface area contributed by atoms with E-state index in [1.54, 1.807) is 12.1 Å². The van der Waals surface area contributed by atoms with E-state index >= 15 is 0 Å². The minimum Gasteiger partial charge on any atom is -0.485 e. The van der Waals surface area contributed by atoms with E-state index in [-0.39, 0.29) is 13.2 Å². The number of para-hydroxylation sites is 2. The number of ether oxygens (including phenoxy) is 5. The molecule has 0 saturated carbocycles. The zero-order valence-electron chi connectivity index (χ0n) is 16.5. The third-order valence-corrected chi connectivity index (χ3v) is 5.49. The molecule has 3 aromatic carbocycles. The number of esters is 1. The molecular weight excluding hydrogens is 464 g/mol. The summed E-state index contributed by atoms with van der Waals surface area (Å²) in [5.41, 5.74) is 2.56. The van der Waals surface area contributed by atoms with Crippen molar-refractivity contribution in [2.24, 2.45) is 0 Å². The predicted molar refractivity (Wildman–Crippen MR) is 115 cm³/mol. The van der Waals surface area contributed by atoms with E-state index in [4.69, 9.17) is 23.7 Å². The highest BCUT2D eigenvalue weighted by Gasteiger charge is 2.30. The second-order valence-electron chi connectivity index (χ2n) is 7.20. The highest BCUT2D eigenvalue weighted by molar-refractivity contribution is 9.10. The van der Waals surface area contributed by atoms with Gasteiger partial charge in [0.05, 0.1) is 6.61 Å². The number of halogens is 1. The Morgan fingerprint density at radius 2 is 1.77 bits per heavy atom. The average molecular weight is 483 g/mol. The number of rotatable bonds is 4. The standard InChI is InChI=1S/C24H19BrO6/c25-18-10-16(12-28-23(26)21-14-27-19-8-4-5-9-20(19)30-21)22-17(11-18)13-29-24(31-22)15-6-2-1-3-7-15/h1-11,21,24H,12-14H2/t21-,24+/m1/s1. The first-order valence-corrected chi connectivity index (χ1v) is 10.7. The first-order chi connectivity index (χ1) is 15.2. The van der Waals surface area contributed by atoms with Gasteiger partial charge in [0.15, 0.2) is 11.5 Å². The van der Waals surface area contributed by atoms with Crippen molar-refractivity contribution in [3.05, 3.63) is 87.9 Å². The van der Waals surface area contributed by atoms with Crippen LogP contribution in [-0.4, -0.2) is 18.7 Å². The van der Waals surface area contributed by atoms with Crippen LogP contribution < -0.4 is 14.2 Å². The van der Waals surface area contributed by atoms with Crippen LogP contribution in [-0.2, 0) is 27.5 Å². The smallest absolute Gasteiger partial charge is 0.351 e. The van der Waals surface area contributed by atoms with Crippen LogP contribution in [0.25, 0.3) is 0 Å². The molecule has 3 aromatic rings. The summed E-state index contributed by atoms with van der Waals surface area (Å²) in [5, 5.41) is 0. The van der Waals surface area contributed by atoms with Gasteiger partial charge in [0.2, 0.25) is 12.4 Å². The summed E-state index contributed by atoms with van der Waals surface area (Å²) < 4.78 is 29.8. The summed E-state index contributed by atoms with van der Waals surface area (Å²) >= 11 is 3.51. The van der Waals surface area contributed by atoms with Gasteiger partial charge in [0.25, 0.3) is 0 Å². The van der Waals surface area contributed by atoms with E-state index in [0.29, 0.717) is 23.9 Å². The Morgan fingerprint density at radius 3 is 2.61 bits per heavy atom. The van der Waals surface area contributed by atoms with Gasteiger partial charge in [0.1, 0.15) is 19.0 Å². The topological polar surface area (TPSA) is 63.2 Å². The van der Waals surface area contributed by atoms with Gasteiger partial charge < -0.3 is 23.7 Å². The maximum absolute atomic E-state index is 12.6. The van der Waals surface area contributed by atoms with Crippen LogP contribution in [0.1, 0.15) is 23.0 Å². The monoisotopic (exact) mass is 482 g/mol. The summed E-state index contributed by atoms with van der Waals surface area (Å²) in [6.07, 6.45) is -1.34. The van der Waals surface area contributed by atoms with Crippen LogP contribution in [0, 0.1) is 0 Å². The van der Waals surface area contributed by atoms with E-state index in [0.717, 1.165) is 21.2 Å². The van der Waals surface area contributed by atoms with Crippen molar-refractivity contribution >= 4 is 21.9 Å². The van der Waals surface area contributed by atoms with E-state index in [9.17, 15) is 4.79 Å². The largest absolute Gasteiger partial charge is 0.485 e. The number of hydrogen-bond donors (Lipinski definition) is 0. The van der Waals surface area contributed by atoms with E-state index in [1.165, 1.54) is 0 Å². The Balaban J connectivity index is 1.30. The zero-order chi connectivity index (χ0) is 21.2. The SMILES string of the molecule is O=C(OCc1cc(Br)cc2c1O[C@@H](c1ccccc1)OC2)[C@H]1COc2ccccc2O1. The zero-order valence-corrected chi connectivity index (χ0v) is 18.0. The second-order valence-corrected chi connectivity index (χ2v) is 8.11. The molecule has 0 N–H and O–H groups in total. The van der Waals surface area contributed by atoms with E-state index < -0.39 is 18.4 Å². The molecule has 2 aliphatic rings. The molecule has 6 nitrogen and oxygen atoms in total. The Bertz CT molecular complexity index is 1100. The quantitative estimate of drug-likeness (QED) is 0.490. The average Bonchev–Trinajstić information content (AvgIpc) is 2.82. The van der Waals surface area contributed by atoms with Crippen molar-refractivity contribution in [1.29, 1.82) is 0 Å². The first kappa shape index (κ1) is 19.9. The molecule has 0 spiro atoms. The van der Waals surface area contributed by atoms with Gasteiger partial charge in [-0.1, -0.05) is 58.4 Å². The Kier molecular flexibility index (Phi) is 5.53. The first-order valence-electron chi connectivity index (χ1n) is 9.87. The lowest BCUT2D eigenvalue weighted by atomic mass is 10.1. The number of benzene rings is 3. The molecule has 5 rings (SSSR count). The van der Waals surface area contributed by atoms with Crippen LogP contribution in [0.4, 0.5) is 0 Å². The predicted octanol–water partition coefficient (Wildman–Crippen LogP) is 4.94. The summed E-state index contributed by atoms with van der Waals surface area (Å²) in [6.45, 7) is 0.544. The van der Waals surface area contributed by atoms with E-state index in [1.807, 2.05) is 54.6 Å². The molecule has 0 aliphatic carbocycles. The number of carbonyl (C=O) groups excluding carboxylic acids is 1. The molecule has 2 aliphatic heterocycles. The van der Waals surface area contributed by atoms with Crippen molar-refractivity contribution in [3.8, 4) is 17.2 Å². The summed E-state index contributed by atoms with van der Waals surface area (Å²) in [7, 11) is 0. The fourth-order valence-corrected chi connectivity index (χ4v) is 4.09. The second kappa shape index (κ2) is 8.61. The third-order valence-electron chi connectivity index (χ3n) is 5.04. The Hall–Kier alpha value is -3.03. The van der Waals surface area contributed by atoms with Crippen LogP contribution in [0.15, 0.2) is 71.2 Å². The molecule has 2 atom stereocenters.